The molecule has 7 nitrogen and oxygen atoms in total. The average molecular weight is 560 g/mol. The SMILES string of the molecule is CCNC(=NCc1ccc(CN(C)C)cc1)NC(C)c1nc(C)c(C(=O)OCC)s1.I. The molecule has 0 amide bonds. The van der Waals surface area contributed by atoms with Crippen LogP contribution in [0, 0.1) is 6.92 Å². The molecular weight excluding hydrogens is 525 g/mol. The van der Waals surface area contributed by atoms with E-state index < -0.39 is 0 Å². The molecule has 0 saturated carbocycles. The number of carbonyl (C=O) groups excluding carboxylic acids is 1. The van der Waals surface area contributed by atoms with Crippen molar-refractivity contribution in [2.45, 2.75) is 46.8 Å². The Balaban J connectivity index is 0.00000480. The van der Waals surface area contributed by atoms with Gasteiger partial charge < -0.3 is 20.3 Å². The van der Waals surface area contributed by atoms with Gasteiger partial charge >= 0.3 is 5.97 Å². The van der Waals surface area contributed by atoms with Gasteiger partial charge in [0.2, 0.25) is 0 Å². The molecule has 1 heterocycles. The largest absolute Gasteiger partial charge is 0.462 e. The molecule has 0 spiro atoms. The molecule has 9 heteroatoms. The molecule has 2 aromatic rings. The maximum atomic E-state index is 12.1. The van der Waals surface area contributed by atoms with Crippen molar-refractivity contribution in [1.82, 2.24) is 20.5 Å². The molecule has 0 aliphatic carbocycles. The number of aromatic nitrogens is 1. The van der Waals surface area contributed by atoms with E-state index in [9.17, 15) is 4.79 Å². The monoisotopic (exact) mass is 559 g/mol. The maximum absolute atomic E-state index is 12.1. The second-order valence-electron chi connectivity index (χ2n) is 7.30. The zero-order valence-electron chi connectivity index (χ0n) is 19.2. The number of benzene rings is 1. The van der Waals surface area contributed by atoms with Crippen LogP contribution < -0.4 is 10.6 Å². The number of hydrogen-bond donors (Lipinski definition) is 2. The number of halogens is 1. The molecule has 0 bridgehead atoms. The number of aryl methyl sites for hydroxylation is 1. The van der Waals surface area contributed by atoms with Crippen molar-refractivity contribution in [2.24, 2.45) is 4.99 Å². The highest BCUT2D eigenvalue weighted by Gasteiger charge is 2.20. The maximum Gasteiger partial charge on any atom is 0.350 e. The number of nitrogens with zero attached hydrogens (tertiary/aromatic N) is 3. The number of aliphatic imine (C=N–C) groups is 1. The molecular formula is C22H34IN5O2S. The first kappa shape index (κ1) is 27.3. The molecule has 0 radical (unpaired) electrons. The van der Waals surface area contributed by atoms with E-state index in [1.54, 1.807) is 6.92 Å². The number of hydrogen-bond acceptors (Lipinski definition) is 6. The summed E-state index contributed by atoms with van der Waals surface area (Å²) in [6.07, 6.45) is 0. The molecule has 1 atom stereocenters. The lowest BCUT2D eigenvalue weighted by molar-refractivity contribution is 0.0531. The molecule has 31 heavy (non-hydrogen) atoms. The summed E-state index contributed by atoms with van der Waals surface area (Å²) >= 11 is 1.36. The van der Waals surface area contributed by atoms with Gasteiger partial charge in [0.1, 0.15) is 9.88 Å². The Morgan fingerprint density at radius 1 is 1.23 bits per heavy atom. The normalized spacial score (nSPS) is 12.3. The van der Waals surface area contributed by atoms with Gasteiger partial charge in [0.15, 0.2) is 5.96 Å². The van der Waals surface area contributed by atoms with Gasteiger partial charge in [-0.2, -0.15) is 0 Å². The topological polar surface area (TPSA) is 78.9 Å². The minimum absolute atomic E-state index is 0. The number of guanidine groups is 1. The third kappa shape index (κ3) is 8.74. The van der Waals surface area contributed by atoms with Gasteiger partial charge in [-0.15, -0.1) is 35.3 Å². The first-order valence-electron chi connectivity index (χ1n) is 10.3. The summed E-state index contributed by atoms with van der Waals surface area (Å²) in [5.74, 6) is 0.400. The quantitative estimate of drug-likeness (QED) is 0.208. The number of thiazole rings is 1. The fourth-order valence-electron chi connectivity index (χ4n) is 2.86. The van der Waals surface area contributed by atoms with Crippen LogP contribution in [-0.4, -0.2) is 49.1 Å². The van der Waals surface area contributed by atoms with Crippen LogP contribution in [-0.2, 0) is 17.8 Å². The number of rotatable bonds is 9. The van der Waals surface area contributed by atoms with Crippen LogP contribution in [0.1, 0.15) is 58.3 Å². The minimum atomic E-state index is -0.316. The van der Waals surface area contributed by atoms with Gasteiger partial charge in [-0.1, -0.05) is 24.3 Å². The van der Waals surface area contributed by atoms with Gasteiger partial charge in [-0.3, -0.25) is 0 Å². The summed E-state index contributed by atoms with van der Waals surface area (Å²) in [5.41, 5.74) is 3.13. The van der Waals surface area contributed by atoms with Crippen LogP contribution >= 0.6 is 35.3 Å². The Kier molecular flexibility index (Phi) is 12.0. The smallest absolute Gasteiger partial charge is 0.350 e. The van der Waals surface area contributed by atoms with E-state index in [1.807, 2.05) is 20.8 Å². The summed E-state index contributed by atoms with van der Waals surface area (Å²) in [5, 5.41) is 7.48. The molecule has 172 valence electrons. The van der Waals surface area contributed by atoms with Gasteiger partial charge in [-0.05, 0) is 52.9 Å². The standard InChI is InChI=1S/C22H33N5O2S.HI/c1-7-23-22(24-13-17-9-11-18(12-10-17)14-27(5)6)26-16(4)20-25-15(3)19(30-20)21(28)29-8-2;/h9-12,16H,7-8,13-14H2,1-6H3,(H2,23,24,26);1H. The Morgan fingerprint density at radius 2 is 1.87 bits per heavy atom. The molecule has 1 unspecified atom stereocenters. The summed E-state index contributed by atoms with van der Waals surface area (Å²) < 4.78 is 5.11. The average Bonchev–Trinajstić information content (AvgIpc) is 3.09. The van der Waals surface area contributed by atoms with E-state index in [2.05, 4.69) is 58.9 Å². The Labute approximate surface area is 206 Å². The predicted molar refractivity (Wildman–Crippen MR) is 138 cm³/mol. The van der Waals surface area contributed by atoms with Crippen molar-refractivity contribution in [3.63, 3.8) is 0 Å². The fourth-order valence-corrected chi connectivity index (χ4v) is 3.82. The minimum Gasteiger partial charge on any atom is -0.462 e. The third-order valence-corrected chi connectivity index (χ3v) is 5.60. The van der Waals surface area contributed by atoms with E-state index >= 15 is 0 Å². The molecule has 0 saturated heterocycles. The predicted octanol–water partition coefficient (Wildman–Crippen LogP) is 4.12. The van der Waals surface area contributed by atoms with E-state index in [-0.39, 0.29) is 36.0 Å². The van der Waals surface area contributed by atoms with Crippen molar-refractivity contribution < 1.29 is 9.53 Å². The Bertz CT molecular complexity index is 852. The van der Waals surface area contributed by atoms with Crippen molar-refractivity contribution in [3.8, 4) is 0 Å². The molecule has 0 aliphatic heterocycles. The van der Waals surface area contributed by atoms with Crippen molar-refractivity contribution >= 4 is 47.2 Å². The number of esters is 1. The number of nitrogens with one attached hydrogen (secondary N) is 2. The third-order valence-electron chi connectivity index (χ3n) is 4.28. The molecule has 1 aromatic heterocycles. The van der Waals surface area contributed by atoms with E-state index in [1.165, 1.54) is 16.9 Å². The van der Waals surface area contributed by atoms with Gasteiger partial charge in [0, 0.05) is 13.1 Å². The lowest BCUT2D eigenvalue weighted by Gasteiger charge is -2.16. The van der Waals surface area contributed by atoms with Crippen molar-refractivity contribution in [2.75, 3.05) is 27.2 Å². The van der Waals surface area contributed by atoms with Crippen LogP contribution in [0.5, 0.6) is 0 Å². The van der Waals surface area contributed by atoms with Gasteiger partial charge in [-0.25, -0.2) is 14.8 Å². The fraction of sp³-hybridized carbons (Fsp3) is 0.500. The highest BCUT2D eigenvalue weighted by atomic mass is 127. The number of carbonyl (C=O) groups is 1. The molecule has 2 N–H and O–H groups in total. The van der Waals surface area contributed by atoms with Crippen LogP contribution in [0.3, 0.4) is 0 Å². The molecule has 1 aromatic carbocycles. The second kappa shape index (κ2) is 13.6. The van der Waals surface area contributed by atoms with E-state index in [4.69, 9.17) is 9.73 Å². The first-order chi connectivity index (χ1) is 14.3. The molecule has 0 aliphatic rings. The summed E-state index contributed by atoms with van der Waals surface area (Å²) in [6.45, 7) is 10.3. The first-order valence-corrected chi connectivity index (χ1v) is 11.1. The zero-order valence-corrected chi connectivity index (χ0v) is 22.3. The Hall–Kier alpha value is -1.72. The summed E-state index contributed by atoms with van der Waals surface area (Å²) in [7, 11) is 4.13. The lowest BCUT2D eigenvalue weighted by atomic mass is 10.1. The van der Waals surface area contributed by atoms with Crippen molar-refractivity contribution in [3.05, 3.63) is 51.0 Å². The van der Waals surface area contributed by atoms with Crippen LogP contribution in [0.15, 0.2) is 29.3 Å². The lowest BCUT2D eigenvalue weighted by Crippen LogP contribution is -2.38. The Morgan fingerprint density at radius 3 is 2.45 bits per heavy atom. The number of ether oxygens (including phenoxy) is 1. The molecule has 0 fully saturated rings. The van der Waals surface area contributed by atoms with E-state index in [0.29, 0.717) is 29.7 Å². The second-order valence-corrected chi connectivity index (χ2v) is 8.33. The highest BCUT2D eigenvalue weighted by Crippen LogP contribution is 2.24. The highest BCUT2D eigenvalue weighted by molar-refractivity contribution is 14.0. The van der Waals surface area contributed by atoms with Crippen LogP contribution in [0.25, 0.3) is 0 Å². The van der Waals surface area contributed by atoms with Crippen LogP contribution in [0.2, 0.25) is 0 Å². The van der Waals surface area contributed by atoms with Crippen LogP contribution in [0.4, 0.5) is 0 Å². The molecule has 2 rings (SSSR count). The summed E-state index contributed by atoms with van der Waals surface area (Å²) in [4.78, 5) is 24.0. The zero-order chi connectivity index (χ0) is 22.1. The van der Waals surface area contributed by atoms with Crippen molar-refractivity contribution in [1.29, 1.82) is 0 Å². The summed E-state index contributed by atoms with van der Waals surface area (Å²) in [6, 6.07) is 8.43. The van der Waals surface area contributed by atoms with Gasteiger partial charge in [0.25, 0.3) is 0 Å². The van der Waals surface area contributed by atoms with Gasteiger partial charge in [0.05, 0.1) is 24.9 Å². The van der Waals surface area contributed by atoms with E-state index in [0.717, 1.165) is 23.7 Å².